The van der Waals surface area contributed by atoms with Crippen LogP contribution < -0.4 is 5.73 Å². The molecule has 2 amide bonds. The van der Waals surface area contributed by atoms with Crippen molar-refractivity contribution in [3.05, 3.63) is 35.6 Å². The molecule has 3 atom stereocenters. The van der Waals surface area contributed by atoms with E-state index in [0.717, 1.165) is 18.5 Å². The maximum Gasteiger partial charge on any atom is 0.315 e. The topological polar surface area (TPSA) is 46.3 Å². The zero-order valence-electron chi connectivity index (χ0n) is 10.2. The molecule has 0 radical (unpaired) electrons. The van der Waals surface area contributed by atoms with Crippen molar-refractivity contribution in [1.29, 1.82) is 0 Å². The molecule has 1 saturated carbocycles. The van der Waals surface area contributed by atoms with Gasteiger partial charge in [-0.3, -0.25) is 0 Å². The fourth-order valence-corrected chi connectivity index (χ4v) is 3.49. The second kappa shape index (κ2) is 4.26. The summed E-state index contributed by atoms with van der Waals surface area (Å²) in [6.07, 6.45) is 3.40. The van der Waals surface area contributed by atoms with Crippen molar-refractivity contribution in [2.24, 2.45) is 11.7 Å². The Hall–Kier alpha value is -1.58. The molecule has 3 rings (SSSR count). The first-order chi connectivity index (χ1) is 8.66. The van der Waals surface area contributed by atoms with Crippen molar-refractivity contribution in [3.8, 4) is 0 Å². The molecule has 2 fully saturated rings. The smallest absolute Gasteiger partial charge is 0.315 e. The quantitative estimate of drug-likeness (QED) is 0.815. The normalized spacial score (nSPS) is 30.5. The number of carbonyl (C=O) groups is 1. The first-order valence-corrected chi connectivity index (χ1v) is 6.48. The van der Waals surface area contributed by atoms with Crippen LogP contribution in [0.5, 0.6) is 0 Å². The van der Waals surface area contributed by atoms with Crippen LogP contribution in [0.1, 0.15) is 30.7 Å². The Bertz CT molecular complexity index is 459. The van der Waals surface area contributed by atoms with Crippen LogP contribution in [0, 0.1) is 11.7 Å². The van der Waals surface area contributed by atoms with Crippen molar-refractivity contribution in [3.63, 3.8) is 0 Å². The van der Waals surface area contributed by atoms with Crippen LogP contribution in [-0.2, 0) is 0 Å². The monoisotopic (exact) mass is 248 g/mol. The number of carbonyl (C=O) groups excluding carboxylic acids is 1. The van der Waals surface area contributed by atoms with E-state index in [1.54, 1.807) is 4.90 Å². The summed E-state index contributed by atoms with van der Waals surface area (Å²) in [5.74, 6) is 0.665. The lowest BCUT2D eigenvalue weighted by atomic mass is 9.68. The van der Waals surface area contributed by atoms with Crippen LogP contribution in [0.25, 0.3) is 0 Å². The summed E-state index contributed by atoms with van der Waals surface area (Å²) >= 11 is 0. The molecule has 2 N–H and O–H groups in total. The van der Waals surface area contributed by atoms with E-state index in [4.69, 9.17) is 5.73 Å². The molecule has 1 saturated heterocycles. The highest BCUT2D eigenvalue weighted by Gasteiger charge is 2.47. The molecular formula is C14H17FN2O. The average molecular weight is 248 g/mol. The molecule has 1 aliphatic carbocycles. The number of hydrogen-bond acceptors (Lipinski definition) is 1. The van der Waals surface area contributed by atoms with Crippen molar-refractivity contribution in [1.82, 2.24) is 4.90 Å². The summed E-state index contributed by atoms with van der Waals surface area (Å²) in [6.45, 7) is 0.789. The Morgan fingerprint density at radius 1 is 1.28 bits per heavy atom. The molecule has 96 valence electrons. The largest absolute Gasteiger partial charge is 0.351 e. The lowest BCUT2D eigenvalue weighted by Crippen LogP contribution is -2.63. The van der Waals surface area contributed by atoms with Gasteiger partial charge in [-0.2, -0.15) is 0 Å². The number of fused-ring (bicyclic) bond motifs is 1. The molecule has 4 heteroatoms. The number of amides is 2. The number of nitrogens with two attached hydrogens (primary N) is 1. The first kappa shape index (κ1) is 11.5. The zero-order valence-corrected chi connectivity index (χ0v) is 10.2. The molecule has 1 aromatic carbocycles. The zero-order chi connectivity index (χ0) is 12.7. The van der Waals surface area contributed by atoms with Gasteiger partial charge < -0.3 is 10.6 Å². The number of primary amides is 1. The number of benzene rings is 1. The molecule has 0 bridgehead atoms. The van der Waals surface area contributed by atoms with Crippen molar-refractivity contribution in [2.45, 2.75) is 31.2 Å². The van der Waals surface area contributed by atoms with Crippen LogP contribution in [0.2, 0.25) is 0 Å². The SMILES string of the molecule is NC(=O)N1CC2CCCC(c3ccc(F)cc3)C21. The summed E-state index contributed by atoms with van der Waals surface area (Å²) in [6, 6.07) is 6.55. The van der Waals surface area contributed by atoms with Crippen LogP contribution in [-0.4, -0.2) is 23.5 Å². The van der Waals surface area contributed by atoms with E-state index in [2.05, 4.69) is 0 Å². The molecule has 18 heavy (non-hydrogen) atoms. The van der Waals surface area contributed by atoms with Crippen LogP contribution >= 0.6 is 0 Å². The fraction of sp³-hybridized carbons (Fsp3) is 0.500. The molecular weight excluding hydrogens is 231 g/mol. The second-order valence-electron chi connectivity index (χ2n) is 5.33. The molecule has 3 unspecified atom stereocenters. The van der Waals surface area contributed by atoms with E-state index in [9.17, 15) is 9.18 Å². The highest BCUT2D eigenvalue weighted by atomic mass is 19.1. The highest BCUT2D eigenvalue weighted by molar-refractivity contribution is 5.73. The Kier molecular flexibility index (Phi) is 2.73. The molecule has 0 spiro atoms. The average Bonchev–Trinajstić information content (AvgIpc) is 2.31. The lowest BCUT2D eigenvalue weighted by Gasteiger charge is -2.54. The summed E-state index contributed by atoms with van der Waals surface area (Å²) in [5.41, 5.74) is 6.52. The van der Waals surface area contributed by atoms with Gasteiger partial charge in [0.25, 0.3) is 0 Å². The number of rotatable bonds is 1. The van der Waals surface area contributed by atoms with Crippen molar-refractivity contribution >= 4 is 6.03 Å². The van der Waals surface area contributed by atoms with Gasteiger partial charge in [0.05, 0.1) is 0 Å². The Morgan fingerprint density at radius 2 is 2.00 bits per heavy atom. The minimum Gasteiger partial charge on any atom is -0.351 e. The third-order valence-corrected chi connectivity index (χ3v) is 4.36. The Balaban J connectivity index is 1.85. The summed E-state index contributed by atoms with van der Waals surface area (Å²) in [7, 11) is 0. The van der Waals surface area contributed by atoms with Gasteiger partial charge in [-0.15, -0.1) is 0 Å². The maximum absolute atomic E-state index is 13.0. The number of urea groups is 1. The van der Waals surface area contributed by atoms with E-state index in [1.165, 1.54) is 25.0 Å². The second-order valence-corrected chi connectivity index (χ2v) is 5.33. The van der Waals surface area contributed by atoms with Gasteiger partial charge in [0.15, 0.2) is 0 Å². The van der Waals surface area contributed by atoms with Gasteiger partial charge in [-0.1, -0.05) is 18.6 Å². The molecule has 2 aliphatic rings. The minimum absolute atomic E-state index is 0.216. The van der Waals surface area contributed by atoms with Gasteiger partial charge in [0.2, 0.25) is 0 Å². The maximum atomic E-state index is 13.0. The molecule has 3 nitrogen and oxygen atoms in total. The molecule has 1 heterocycles. The standard InChI is InChI=1S/C14H17FN2O/c15-11-6-4-9(5-7-11)12-3-1-2-10-8-17(13(10)12)14(16)18/h4-7,10,12-13H,1-3,8H2,(H2,16,18). The van der Waals surface area contributed by atoms with Crippen LogP contribution in [0.15, 0.2) is 24.3 Å². The number of halogens is 1. The van der Waals surface area contributed by atoms with Crippen LogP contribution in [0.3, 0.4) is 0 Å². The fourth-order valence-electron chi connectivity index (χ4n) is 3.49. The molecule has 1 aliphatic heterocycles. The Morgan fingerprint density at radius 3 is 2.67 bits per heavy atom. The van der Waals surface area contributed by atoms with E-state index >= 15 is 0 Å². The van der Waals surface area contributed by atoms with Gasteiger partial charge >= 0.3 is 6.03 Å². The number of likely N-dealkylation sites (tertiary alicyclic amines) is 1. The summed E-state index contributed by atoms with van der Waals surface area (Å²) in [5, 5.41) is 0. The number of hydrogen-bond donors (Lipinski definition) is 1. The van der Waals surface area contributed by atoms with Gasteiger partial charge in [0.1, 0.15) is 5.82 Å². The van der Waals surface area contributed by atoms with Crippen molar-refractivity contribution in [2.75, 3.05) is 6.54 Å². The summed E-state index contributed by atoms with van der Waals surface area (Å²) < 4.78 is 13.0. The Labute approximate surface area is 106 Å². The summed E-state index contributed by atoms with van der Waals surface area (Å²) in [4.78, 5) is 13.1. The van der Waals surface area contributed by atoms with E-state index < -0.39 is 0 Å². The third kappa shape index (κ3) is 1.76. The number of nitrogens with zero attached hydrogens (tertiary/aromatic N) is 1. The lowest BCUT2D eigenvalue weighted by molar-refractivity contribution is 0.00816. The predicted molar refractivity (Wildman–Crippen MR) is 66.6 cm³/mol. The van der Waals surface area contributed by atoms with Gasteiger partial charge in [-0.05, 0) is 36.5 Å². The van der Waals surface area contributed by atoms with Crippen molar-refractivity contribution < 1.29 is 9.18 Å². The highest BCUT2D eigenvalue weighted by Crippen LogP contribution is 2.45. The van der Waals surface area contributed by atoms with Crippen LogP contribution in [0.4, 0.5) is 9.18 Å². The van der Waals surface area contributed by atoms with E-state index in [0.29, 0.717) is 11.8 Å². The van der Waals surface area contributed by atoms with Gasteiger partial charge in [-0.25, -0.2) is 9.18 Å². The first-order valence-electron chi connectivity index (χ1n) is 6.48. The third-order valence-electron chi connectivity index (χ3n) is 4.36. The minimum atomic E-state index is -0.328. The molecule has 1 aromatic rings. The van der Waals surface area contributed by atoms with E-state index in [1.807, 2.05) is 12.1 Å². The van der Waals surface area contributed by atoms with Gasteiger partial charge in [0, 0.05) is 18.5 Å². The predicted octanol–water partition coefficient (Wildman–Crippen LogP) is 2.47. The van der Waals surface area contributed by atoms with E-state index in [-0.39, 0.29) is 17.9 Å². The molecule has 0 aromatic heterocycles.